The second-order valence-corrected chi connectivity index (χ2v) is 6.30. The fourth-order valence-electron chi connectivity index (χ4n) is 1.40. The number of halogens is 1. The Balaban J connectivity index is 2.23. The summed E-state index contributed by atoms with van der Waals surface area (Å²) in [4.78, 5) is 12.9. The van der Waals surface area contributed by atoms with Crippen LogP contribution in [0.25, 0.3) is 0 Å². The molecule has 1 heterocycles. The van der Waals surface area contributed by atoms with Crippen molar-refractivity contribution in [3.05, 3.63) is 0 Å². The smallest absolute Gasteiger partial charge is 0.409 e. The third-order valence-electron chi connectivity index (χ3n) is 2.17. The van der Waals surface area contributed by atoms with Crippen LogP contribution in [-0.2, 0) is 13.8 Å². The van der Waals surface area contributed by atoms with Gasteiger partial charge in [-0.1, -0.05) is 0 Å². The first kappa shape index (κ1) is 12.6. The lowest BCUT2D eigenvalue weighted by Gasteiger charge is -2.25. The molecule has 0 saturated carbocycles. The maximum absolute atomic E-state index is 11.3. The van der Waals surface area contributed by atoms with Crippen molar-refractivity contribution in [3.8, 4) is 0 Å². The minimum Gasteiger partial charge on any atom is -0.448 e. The topological polar surface area (TPSA) is 63.7 Å². The van der Waals surface area contributed by atoms with Gasteiger partial charge >= 0.3 is 6.09 Å². The van der Waals surface area contributed by atoms with Crippen molar-refractivity contribution < 1.29 is 17.9 Å². The third kappa shape index (κ3) is 5.22. The highest BCUT2D eigenvalue weighted by Gasteiger charge is 2.18. The Labute approximate surface area is 93.8 Å². The van der Waals surface area contributed by atoms with Crippen molar-refractivity contribution in [1.29, 1.82) is 0 Å². The Morgan fingerprint density at radius 2 is 1.87 bits per heavy atom. The summed E-state index contributed by atoms with van der Waals surface area (Å²) in [6.07, 6.45) is 2.63. The van der Waals surface area contributed by atoms with Gasteiger partial charge in [0.05, 0.1) is 5.75 Å². The molecule has 0 aromatic carbocycles. The number of likely N-dealkylation sites (tertiary alicyclic amines) is 1. The number of ether oxygens (including phenoxy) is 1. The van der Waals surface area contributed by atoms with Crippen molar-refractivity contribution in [2.45, 2.75) is 19.3 Å². The van der Waals surface area contributed by atoms with E-state index in [1.807, 2.05) is 0 Å². The molecular weight excluding hydrogens is 242 g/mol. The Morgan fingerprint density at radius 3 is 2.40 bits per heavy atom. The number of carbonyl (C=O) groups is 1. The van der Waals surface area contributed by atoms with E-state index in [9.17, 15) is 13.2 Å². The van der Waals surface area contributed by atoms with Gasteiger partial charge in [0.15, 0.2) is 0 Å². The molecule has 0 N–H and O–H groups in total. The van der Waals surface area contributed by atoms with Crippen LogP contribution in [0.3, 0.4) is 0 Å². The molecule has 1 aliphatic heterocycles. The molecule has 0 radical (unpaired) electrons. The number of hydrogen-bond acceptors (Lipinski definition) is 4. The Kier molecular flexibility index (Phi) is 4.66. The number of amides is 1. The van der Waals surface area contributed by atoms with E-state index in [1.54, 1.807) is 4.90 Å². The summed E-state index contributed by atoms with van der Waals surface area (Å²) in [5.74, 6) is -0.339. The normalized spacial score (nSPS) is 17.5. The lowest BCUT2D eigenvalue weighted by Crippen LogP contribution is -2.36. The molecule has 0 unspecified atom stereocenters. The maximum Gasteiger partial charge on any atom is 0.409 e. The van der Waals surface area contributed by atoms with E-state index in [-0.39, 0.29) is 12.4 Å². The van der Waals surface area contributed by atoms with Crippen molar-refractivity contribution in [3.63, 3.8) is 0 Å². The first-order valence-corrected chi connectivity index (χ1v) is 7.31. The van der Waals surface area contributed by atoms with Gasteiger partial charge in [-0.05, 0) is 19.3 Å². The highest BCUT2D eigenvalue weighted by Crippen LogP contribution is 2.09. The predicted octanol–water partition coefficient (Wildman–Crippen LogP) is 1.18. The number of nitrogens with zero attached hydrogens (tertiary/aromatic N) is 1. The Morgan fingerprint density at radius 1 is 1.27 bits per heavy atom. The van der Waals surface area contributed by atoms with Crippen molar-refractivity contribution >= 4 is 25.8 Å². The number of piperidine rings is 1. The molecule has 0 atom stereocenters. The van der Waals surface area contributed by atoms with Gasteiger partial charge < -0.3 is 9.64 Å². The van der Waals surface area contributed by atoms with Crippen LogP contribution in [0.2, 0.25) is 0 Å². The minimum absolute atomic E-state index is 0.179. The first-order chi connectivity index (χ1) is 6.99. The van der Waals surface area contributed by atoms with Crippen LogP contribution in [0.1, 0.15) is 19.3 Å². The summed E-state index contributed by atoms with van der Waals surface area (Å²) in [7, 11) is 1.40. The van der Waals surface area contributed by atoms with E-state index in [0.717, 1.165) is 19.3 Å². The maximum atomic E-state index is 11.3. The summed E-state index contributed by atoms with van der Waals surface area (Å²) in [5, 5.41) is 0. The number of hydrogen-bond donors (Lipinski definition) is 0. The second-order valence-electron chi connectivity index (χ2n) is 3.41. The summed E-state index contributed by atoms with van der Waals surface area (Å²) >= 11 is 0. The molecule has 15 heavy (non-hydrogen) atoms. The Hall–Kier alpha value is -0.490. The molecular formula is C8H14ClNO4S. The molecule has 0 bridgehead atoms. The van der Waals surface area contributed by atoms with Crippen LogP contribution in [0.15, 0.2) is 0 Å². The average molecular weight is 256 g/mol. The molecule has 7 heteroatoms. The van der Waals surface area contributed by atoms with E-state index in [0.29, 0.717) is 13.1 Å². The van der Waals surface area contributed by atoms with Gasteiger partial charge in [-0.25, -0.2) is 13.2 Å². The molecule has 1 saturated heterocycles. The summed E-state index contributed by atoms with van der Waals surface area (Å²) in [6.45, 7) is 1.19. The van der Waals surface area contributed by atoms with E-state index in [2.05, 4.69) is 0 Å². The quantitative estimate of drug-likeness (QED) is 0.711. The number of carbonyl (C=O) groups excluding carboxylic acids is 1. The van der Waals surface area contributed by atoms with Crippen LogP contribution in [0.4, 0.5) is 4.79 Å². The van der Waals surface area contributed by atoms with Crippen LogP contribution in [0.5, 0.6) is 0 Å². The van der Waals surface area contributed by atoms with Crippen molar-refractivity contribution in [2.24, 2.45) is 0 Å². The molecule has 0 aromatic rings. The van der Waals surface area contributed by atoms with E-state index < -0.39 is 15.1 Å². The van der Waals surface area contributed by atoms with Gasteiger partial charge in [0.25, 0.3) is 0 Å². The zero-order valence-corrected chi connectivity index (χ0v) is 9.89. The molecule has 88 valence electrons. The van der Waals surface area contributed by atoms with Gasteiger partial charge in [-0.2, -0.15) is 0 Å². The zero-order chi connectivity index (χ0) is 11.3. The lowest BCUT2D eigenvalue weighted by atomic mass is 10.1. The third-order valence-corrected chi connectivity index (χ3v) is 3.28. The van der Waals surface area contributed by atoms with Gasteiger partial charge in [-0.3, -0.25) is 0 Å². The summed E-state index contributed by atoms with van der Waals surface area (Å²) < 4.78 is 25.9. The van der Waals surface area contributed by atoms with Crippen LogP contribution in [0, 0.1) is 0 Å². The molecule has 1 amide bonds. The van der Waals surface area contributed by atoms with Crippen molar-refractivity contribution in [2.75, 3.05) is 25.4 Å². The Bertz CT molecular complexity index is 311. The van der Waals surface area contributed by atoms with E-state index in [1.165, 1.54) is 0 Å². The standard InChI is InChI=1S/C8H14ClNO4S/c9-15(12,13)7-6-14-8(11)10-4-2-1-3-5-10/h1-7H2. The molecule has 1 aliphatic rings. The van der Waals surface area contributed by atoms with Crippen LogP contribution >= 0.6 is 10.7 Å². The van der Waals surface area contributed by atoms with Gasteiger partial charge in [0.1, 0.15) is 6.61 Å². The lowest BCUT2D eigenvalue weighted by molar-refractivity contribution is 0.100. The average Bonchev–Trinajstić information content (AvgIpc) is 2.17. The van der Waals surface area contributed by atoms with Crippen LogP contribution < -0.4 is 0 Å². The van der Waals surface area contributed by atoms with Gasteiger partial charge in [0, 0.05) is 23.8 Å². The van der Waals surface area contributed by atoms with E-state index >= 15 is 0 Å². The predicted molar refractivity (Wildman–Crippen MR) is 56.4 cm³/mol. The molecule has 1 rings (SSSR count). The fourth-order valence-corrected chi connectivity index (χ4v) is 1.87. The number of rotatable bonds is 3. The summed E-state index contributed by atoms with van der Waals surface area (Å²) in [6, 6.07) is 0. The molecule has 5 nitrogen and oxygen atoms in total. The largest absolute Gasteiger partial charge is 0.448 e. The zero-order valence-electron chi connectivity index (χ0n) is 8.32. The van der Waals surface area contributed by atoms with Gasteiger partial charge in [-0.15, -0.1) is 0 Å². The molecule has 0 spiro atoms. The summed E-state index contributed by atoms with van der Waals surface area (Å²) in [5.41, 5.74) is 0. The van der Waals surface area contributed by atoms with Crippen LogP contribution in [-0.4, -0.2) is 44.9 Å². The van der Waals surface area contributed by atoms with Gasteiger partial charge in [0.2, 0.25) is 9.05 Å². The monoisotopic (exact) mass is 255 g/mol. The fraction of sp³-hybridized carbons (Fsp3) is 0.875. The second kappa shape index (κ2) is 5.55. The SMILES string of the molecule is O=C(OCCS(=O)(=O)Cl)N1CCCCC1. The highest BCUT2D eigenvalue weighted by atomic mass is 35.7. The minimum atomic E-state index is -3.57. The van der Waals surface area contributed by atoms with Crippen molar-refractivity contribution in [1.82, 2.24) is 4.90 Å². The highest BCUT2D eigenvalue weighted by molar-refractivity contribution is 8.13. The molecule has 0 aliphatic carbocycles. The molecule has 0 aromatic heterocycles. The first-order valence-electron chi connectivity index (χ1n) is 4.83. The molecule has 1 fully saturated rings. The van der Waals surface area contributed by atoms with E-state index in [4.69, 9.17) is 15.4 Å².